The quantitative estimate of drug-likeness (QED) is 0.548. The Balaban J connectivity index is 2.10. The number of nitrogens with zero attached hydrogens (tertiary/aromatic N) is 1. The molecule has 2 aromatic carbocycles. The number of nitrogens with two attached hydrogens (primary N) is 1. The Morgan fingerprint density at radius 3 is 2.60 bits per heavy atom. The molecule has 0 bridgehead atoms. The van der Waals surface area contributed by atoms with E-state index >= 15 is 0 Å². The van der Waals surface area contributed by atoms with Crippen molar-refractivity contribution in [2.24, 2.45) is 5.73 Å². The molecule has 0 saturated heterocycles. The largest absolute Gasteiger partial charge is 0.465 e. The van der Waals surface area contributed by atoms with Crippen LogP contribution in [0.3, 0.4) is 0 Å². The molecule has 3 rings (SSSR count). The topological polar surface area (TPSA) is 57.2 Å². The van der Waals surface area contributed by atoms with Crippen LogP contribution in [0.4, 0.5) is 4.39 Å². The molecule has 5 heteroatoms. The van der Waals surface area contributed by atoms with Crippen molar-refractivity contribution in [3.05, 3.63) is 65.6 Å². The standard InChI is InChI=1S/C20H21FN2O2/c1-25-20(24)14-5-10-19-18(12-14)15(4-2-3-11-22)13-23(19)17-8-6-16(21)7-9-17/h5-10,12-13H,2-4,11,22H2,1H3. The molecule has 0 spiro atoms. The Morgan fingerprint density at radius 1 is 1.16 bits per heavy atom. The maximum Gasteiger partial charge on any atom is 0.337 e. The van der Waals surface area contributed by atoms with Gasteiger partial charge in [-0.2, -0.15) is 0 Å². The number of benzene rings is 2. The second-order valence-corrected chi connectivity index (χ2v) is 5.97. The van der Waals surface area contributed by atoms with Gasteiger partial charge in [-0.05, 0) is 73.8 Å². The number of methoxy groups -OCH3 is 1. The summed E-state index contributed by atoms with van der Waals surface area (Å²) in [5.74, 6) is -0.624. The van der Waals surface area contributed by atoms with E-state index in [1.165, 1.54) is 19.2 Å². The maximum absolute atomic E-state index is 13.2. The summed E-state index contributed by atoms with van der Waals surface area (Å²) in [4.78, 5) is 11.9. The number of halogens is 1. The van der Waals surface area contributed by atoms with Gasteiger partial charge in [-0.1, -0.05) is 0 Å². The van der Waals surface area contributed by atoms with Crippen LogP contribution in [0, 0.1) is 5.82 Å². The zero-order valence-electron chi connectivity index (χ0n) is 14.2. The number of aryl methyl sites for hydroxylation is 1. The lowest BCUT2D eigenvalue weighted by atomic mass is 10.0. The molecule has 1 aromatic heterocycles. The van der Waals surface area contributed by atoms with E-state index in [4.69, 9.17) is 10.5 Å². The first-order chi connectivity index (χ1) is 12.1. The van der Waals surface area contributed by atoms with E-state index in [9.17, 15) is 9.18 Å². The molecule has 25 heavy (non-hydrogen) atoms. The number of hydrogen-bond acceptors (Lipinski definition) is 3. The van der Waals surface area contributed by atoms with Gasteiger partial charge in [0.15, 0.2) is 0 Å². The molecule has 0 atom stereocenters. The molecule has 2 N–H and O–H groups in total. The molecule has 1 heterocycles. The van der Waals surface area contributed by atoms with Crippen molar-refractivity contribution in [3.63, 3.8) is 0 Å². The fourth-order valence-corrected chi connectivity index (χ4v) is 3.02. The predicted octanol–water partition coefficient (Wildman–Crippen LogP) is 3.84. The molecular weight excluding hydrogens is 319 g/mol. The maximum atomic E-state index is 13.2. The molecule has 0 aliphatic carbocycles. The fourth-order valence-electron chi connectivity index (χ4n) is 3.02. The fraction of sp³-hybridized carbons (Fsp3) is 0.250. The van der Waals surface area contributed by atoms with Gasteiger partial charge in [-0.3, -0.25) is 0 Å². The molecule has 0 amide bonds. The Bertz CT molecular complexity index is 885. The van der Waals surface area contributed by atoms with Crippen LogP contribution < -0.4 is 5.73 Å². The summed E-state index contributed by atoms with van der Waals surface area (Å²) >= 11 is 0. The van der Waals surface area contributed by atoms with Crippen LogP contribution in [0.5, 0.6) is 0 Å². The van der Waals surface area contributed by atoms with E-state index in [1.54, 1.807) is 18.2 Å². The summed E-state index contributed by atoms with van der Waals surface area (Å²) in [6.45, 7) is 0.657. The van der Waals surface area contributed by atoms with Gasteiger partial charge in [0.25, 0.3) is 0 Å². The molecule has 0 fully saturated rings. The lowest BCUT2D eigenvalue weighted by Crippen LogP contribution is -2.01. The first-order valence-electron chi connectivity index (χ1n) is 8.32. The zero-order valence-corrected chi connectivity index (χ0v) is 14.2. The summed E-state index contributed by atoms with van der Waals surface area (Å²) in [5.41, 5.74) is 9.10. The summed E-state index contributed by atoms with van der Waals surface area (Å²) in [6, 6.07) is 11.9. The highest BCUT2D eigenvalue weighted by Crippen LogP contribution is 2.27. The number of esters is 1. The average Bonchev–Trinajstić information content (AvgIpc) is 3.00. The van der Waals surface area contributed by atoms with Crippen LogP contribution in [0.25, 0.3) is 16.6 Å². The molecule has 0 aliphatic heterocycles. The third kappa shape index (κ3) is 3.56. The van der Waals surface area contributed by atoms with Crippen molar-refractivity contribution in [2.75, 3.05) is 13.7 Å². The van der Waals surface area contributed by atoms with E-state index < -0.39 is 0 Å². The van der Waals surface area contributed by atoms with E-state index in [1.807, 2.05) is 16.7 Å². The van der Waals surface area contributed by atoms with E-state index in [2.05, 4.69) is 6.20 Å². The number of rotatable bonds is 6. The minimum absolute atomic E-state index is 0.267. The molecule has 0 radical (unpaired) electrons. The number of aromatic nitrogens is 1. The number of carbonyl (C=O) groups is 1. The molecular formula is C20H21FN2O2. The molecule has 0 aliphatic rings. The van der Waals surface area contributed by atoms with E-state index in [0.29, 0.717) is 12.1 Å². The first-order valence-corrected chi connectivity index (χ1v) is 8.32. The summed E-state index contributed by atoms with van der Waals surface area (Å²) in [7, 11) is 1.37. The summed E-state index contributed by atoms with van der Waals surface area (Å²) in [6.07, 6.45) is 4.84. The van der Waals surface area contributed by atoms with Crippen LogP contribution in [0.1, 0.15) is 28.8 Å². The molecule has 4 nitrogen and oxygen atoms in total. The van der Waals surface area contributed by atoms with Crippen molar-refractivity contribution >= 4 is 16.9 Å². The highest BCUT2D eigenvalue weighted by atomic mass is 19.1. The SMILES string of the molecule is COC(=O)c1ccc2c(c1)c(CCCCN)cn2-c1ccc(F)cc1. The molecule has 0 saturated carbocycles. The van der Waals surface area contributed by atoms with Crippen LogP contribution >= 0.6 is 0 Å². The van der Waals surface area contributed by atoms with Gasteiger partial charge < -0.3 is 15.0 Å². The van der Waals surface area contributed by atoms with Gasteiger partial charge in [-0.15, -0.1) is 0 Å². The summed E-state index contributed by atoms with van der Waals surface area (Å²) < 4.78 is 20.1. The summed E-state index contributed by atoms with van der Waals surface area (Å²) in [5, 5.41) is 1.00. The second-order valence-electron chi connectivity index (χ2n) is 5.97. The minimum atomic E-state index is -0.357. The van der Waals surface area contributed by atoms with Crippen molar-refractivity contribution in [1.29, 1.82) is 0 Å². The van der Waals surface area contributed by atoms with Crippen molar-refractivity contribution in [1.82, 2.24) is 4.57 Å². The lowest BCUT2D eigenvalue weighted by Gasteiger charge is -2.06. The number of fused-ring (bicyclic) bond motifs is 1. The minimum Gasteiger partial charge on any atom is -0.465 e. The van der Waals surface area contributed by atoms with Gasteiger partial charge in [-0.25, -0.2) is 9.18 Å². The Kier molecular flexibility index (Phi) is 5.14. The molecule has 130 valence electrons. The van der Waals surface area contributed by atoms with Gasteiger partial charge in [0.1, 0.15) is 5.82 Å². The van der Waals surface area contributed by atoms with Gasteiger partial charge >= 0.3 is 5.97 Å². The van der Waals surface area contributed by atoms with Crippen LogP contribution in [-0.4, -0.2) is 24.2 Å². The monoisotopic (exact) mass is 340 g/mol. The number of unbranched alkanes of at least 4 members (excludes halogenated alkanes) is 1. The Hall–Kier alpha value is -2.66. The molecule has 3 aromatic rings. The smallest absolute Gasteiger partial charge is 0.337 e. The number of carbonyl (C=O) groups excluding carboxylic acids is 1. The van der Waals surface area contributed by atoms with Gasteiger partial charge in [0, 0.05) is 17.3 Å². The van der Waals surface area contributed by atoms with Gasteiger partial charge in [0.05, 0.1) is 18.2 Å². The first kappa shape index (κ1) is 17.2. The third-order valence-electron chi connectivity index (χ3n) is 4.31. The number of hydrogen-bond donors (Lipinski definition) is 1. The zero-order chi connectivity index (χ0) is 17.8. The third-order valence-corrected chi connectivity index (χ3v) is 4.31. The van der Waals surface area contributed by atoms with Crippen LogP contribution in [-0.2, 0) is 11.2 Å². The lowest BCUT2D eigenvalue weighted by molar-refractivity contribution is 0.0601. The molecule has 0 unspecified atom stereocenters. The highest BCUT2D eigenvalue weighted by molar-refractivity contribution is 5.96. The van der Waals surface area contributed by atoms with Crippen LogP contribution in [0.15, 0.2) is 48.7 Å². The van der Waals surface area contributed by atoms with Crippen molar-refractivity contribution < 1.29 is 13.9 Å². The van der Waals surface area contributed by atoms with Crippen molar-refractivity contribution in [3.8, 4) is 5.69 Å². The highest BCUT2D eigenvalue weighted by Gasteiger charge is 2.13. The number of ether oxygens (including phenoxy) is 1. The van der Waals surface area contributed by atoms with Crippen LogP contribution in [0.2, 0.25) is 0 Å². The van der Waals surface area contributed by atoms with Crippen molar-refractivity contribution in [2.45, 2.75) is 19.3 Å². The van der Waals surface area contributed by atoms with Gasteiger partial charge in [0.2, 0.25) is 0 Å². The second kappa shape index (κ2) is 7.49. The average molecular weight is 340 g/mol. The Labute approximate surface area is 146 Å². The van der Waals surface area contributed by atoms with E-state index in [-0.39, 0.29) is 11.8 Å². The predicted molar refractivity (Wildman–Crippen MR) is 96.6 cm³/mol. The normalized spacial score (nSPS) is 11.0. The van der Waals surface area contributed by atoms with E-state index in [0.717, 1.165) is 41.4 Å². The Morgan fingerprint density at radius 2 is 1.92 bits per heavy atom.